The molecule has 0 saturated heterocycles. The highest BCUT2D eigenvalue weighted by Crippen LogP contribution is 2.16. The number of amides is 3. The number of anilines is 1. The molecular formula is C37H44N6O6. The molecule has 258 valence electrons. The number of ether oxygens (including phenoxy) is 2. The number of alkyl carbamates (subject to hydrolysis) is 2. The van der Waals surface area contributed by atoms with Gasteiger partial charge in [0.25, 0.3) is 0 Å². The molecule has 0 unspecified atom stereocenters. The molecule has 0 radical (unpaired) electrons. The zero-order valence-corrected chi connectivity index (χ0v) is 27.7. The van der Waals surface area contributed by atoms with E-state index in [1.807, 2.05) is 60.7 Å². The van der Waals surface area contributed by atoms with E-state index in [9.17, 15) is 19.5 Å². The van der Waals surface area contributed by atoms with E-state index in [1.54, 1.807) is 50.5 Å². The van der Waals surface area contributed by atoms with Gasteiger partial charge in [0.05, 0.1) is 29.7 Å². The normalized spacial score (nSPS) is 13.4. The number of pyridine rings is 2. The first-order valence-electron chi connectivity index (χ1n) is 16.2. The second kappa shape index (κ2) is 18.7. The van der Waals surface area contributed by atoms with E-state index in [-0.39, 0.29) is 25.6 Å². The maximum atomic E-state index is 13.7. The van der Waals surface area contributed by atoms with Crippen LogP contribution in [0.1, 0.15) is 42.7 Å². The SMILES string of the molecule is CC(C)[C@H](NC(=O)OCc1ccc(N)cn1)C(=O)N[C@@H](Cc1ccccc1)[C@@H](O)C[C@H](Cc1ccccc1)NC(=O)OCc1cccnc1. The minimum Gasteiger partial charge on any atom is -0.445 e. The Bertz CT molecular complexity index is 1590. The minimum absolute atomic E-state index is 0.0372. The molecule has 4 atom stereocenters. The summed E-state index contributed by atoms with van der Waals surface area (Å²) in [5, 5.41) is 20.2. The number of carbonyl (C=O) groups excluding carboxylic acids is 3. The van der Waals surface area contributed by atoms with Gasteiger partial charge in [-0.25, -0.2) is 9.59 Å². The van der Waals surface area contributed by atoms with Crippen molar-refractivity contribution in [2.24, 2.45) is 5.92 Å². The van der Waals surface area contributed by atoms with Crippen LogP contribution in [-0.2, 0) is 40.3 Å². The lowest BCUT2D eigenvalue weighted by atomic mass is 9.93. The summed E-state index contributed by atoms with van der Waals surface area (Å²) in [6, 6.07) is 23.6. The molecule has 12 heteroatoms. The molecule has 0 spiro atoms. The number of nitrogen functional groups attached to an aromatic ring is 1. The number of benzene rings is 2. The van der Waals surface area contributed by atoms with Crippen LogP contribution in [0, 0.1) is 5.92 Å². The van der Waals surface area contributed by atoms with Gasteiger partial charge >= 0.3 is 12.2 Å². The first-order valence-corrected chi connectivity index (χ1v) is 16.2. The summed E-state index contributed by atoms with van der Waals surface area (Å²) in [7, 11) is 0. The van der Waals surface area contributed by atoms with Crippen molar-refractivity contribution >= 4 is 23.8 Å². The third kappa shape index (κ3) is 12.6. The van der Waals surface area contributed by atoms with Gasteiger partial charge in [-0.05, 0) is 54.5 Å². The number of rotatable bonds is 16. The summed E-state index contributed by atoms with van der Waals surface area (Å²) in [6.07, 6.45) is 3.01. The zero-order valence-electron chi connectivity index (χ0n) is 27.7. The van der Waals surface area contributed by atoms with Crippen LogP contribution in [0.5, 0.6) is 0 Å². The van der Waals surface area contributed by atoms with Gasteiger partial charge in [0.1, 0.15) is 19.3 Å². The molecule has 4 aromatic rings. The van der Waals surface area contributed by atoms with Gasteiger partial charge in [-0.2, -0.15) is 0 Å². The number of nitrogens with one attached hydrogen (secondary N) is 3. The van der Waals surface area contributed by atoms with E-state index in [2.05, 4.69) is 25.9 Å². The Morgan fingerprint density at radius 2 is 1.39 bits per heavy atom. The topological polar surface area (TPSA) is 178 Å². The van der Waals surface area contributed by atoms with Crippen molar-refractivity contribution in [1.82, 2.24) is 25.9 Å². The summed E-state index contributed by atoms with van der Waals surface area (Å²) in [5.74, 6) is -0.792. The number of hydrogen-bond acceptors (Lipinski definition) is 9. The van der Waals surface area contributed by atoms with Crippen molar-refractivity contribution in [2.45, 2.75) is 70.6 Å². The van der Waals surface area contributed by atoms with Crippen molar-refractivity contribution in [3.63, 3.8) is 0 Å². The largest absolute Gasteiger partial charge is 0.445 e. The molecule has 0 aliphatic rings. The van der Waals surface area contributed by atoms with Gasteiger partial charge in [-0.1, -0.05) is 80.6 Å². The zero-order chi connectivity index (χ0) is 35.0. The van der Waals surface area contributed by atoms with Crippen LogP contribution in [0.25, 0.3) is 0 Å². The molecule has 0 saturated carbocycles. The van der Waals surface area contributed by atoms with E-state index in [1.165, 1.54) is 6.20 Å². The van der Waals surface area contributed by atoms with Gasteiger partial charge < -0.3 is 36.3 Å². The highest BCUT2D eigenvalue weighted by Gasteiger charge is 2.31. The van der Waals surface area contributed by atoms with Gasteiger partial charge in [0.15, 0.2) is 0 Å². The van der Waals surface area contributed by atoms with Crippen LogP contribution in [0.2, 0.25) is 0 Å². The van der Waals surface area contributed by atoms with E-state index in [4.69, 9.17) is 15.2 Å². The van der Waals surface area contributed by atoms with Crippen LogP contribution in [0.15, 0.2) is 104 Å². The monoisotopic (exact) mass is 668 g/mol. The smallest absolute Gasteiger partial charge is 0.408 e. The second-order valence-electron chi connectivity index (χ2n) is 12.1. The van der Waals surface area contributed by atoms with Crippen molar-refractivity contribution in [3.8, 4) is 0 Å². The Balaban J connectivity index is 1.45. The van der Waals surface area contributed by atoms with Gasteiger partial charge in [-0.15, -0.1) is 0 Å². The highest BCUT2D eigenvalue weighted by molar-refractivity contribution is 5.86. The first kappa shape index (κ1) is 36.3. The molecule has 12 nitrogen and oxygen atoms in total. The Kier molecular flexibility index (Phi) is 13.9. The fourth-order valence-corrected chi connectivity index (χ4v) is 5.18. The fraction of sp³-hybridized carbons (Fsp3) is 0.324. The summed E-state index contributed by atoms with van der Waals surface area (Å²) in [5.41, 5.74) is 9.23. The van der Waals surface area contributed by atoms with Crippen molar-refractivity contribution < 1.29 is 29.0 Å². The highest BCUT2D eigenvalue weighted by atomic mass is 16.6. The molecule has 0 aliphatic carbocycles. The molecule has 2 aromatic heterocycles. The fourth-order valence-electron chi connectivity index (χ4n) is 5.18. The maximum absolute atomic E-state index is 13.7. The Morgan fingerprint density at radius 3 is 2.00 bits per heavy atom. The van der Waals surface area contributed by atoms with Gasteiger partial charge in [0.2, 0.25) is 5.91 Å². The van der Waals surface area contributed by atoms with Crippen LogP contribution in [0.4, 0.5) is 15.3 Å². The average molecular weight is 669 g/mol. The molecule has 0 aliphatic heterocycles. The quantitative estimate of drug-likeness (QED) is 0.116. The molecule has 4 rings (SSSR count). The number of nitrogens with two attached hydrogens (primary N) is 1. The number of aliphatic hydroxyl groups is 1. The number of aliphatic hydroxyl groups excluding tert-OH is 1. The molecule has 2 heterocycles. The van der Waals surface area contributed by atoms with E-state index in [0.29, 0.717) is 24.2 Å². The number of carbonyl (C=O) groups is 3. The first-order chi connectivity index (χ1) is 23.7. The van der Waals surface area contributed by atoms with Crippen molar-refractivity contribution in [1.29, 1.82) is 0 Å². The standard InChI is InChI=1S/C37H44N6O6/c1-25(2)34(43-37(47)49-24-30-16-15-29(38)22-40-30)35(45)42-32(19-27-12-7-4-8-13-27)33(44)20-31(18-26-10-5-3-6-11-26)41-36(46)48-23-28-14-9-17-39-21-28/h3-17,21-22,25,31-34,44H,18-20,23-24,38H2,1-2H3,(H,41,46)(H,42,45)(H,43,47)/t31-,32-,33-,34-/m0/s1. The van der Waals surface area contributed by atoms with E-state index < -0.39 is 42.3 Å². The van der Waals surface area contributed by atoms with Crippen LogP contribution < -0.4 is 21.7 Å². The molecule has 0 fully saturated rings. The van der Waals surface area contributed by atoms with Gasteiger partial charge in [-0.3, -0.25) is 14.8 Å². The van der Waals surface area contributed by atoms with Crippen LogP contribution in [-0.4, -0.2) is 57.4 Å². The summed E-state index contributed by atoms with van der Waals surface area (Å²) < 4.78 is 10.7. The van der Waals surface area contributed by atoms with Gasteiger partial charge in [0, 0.05) is 24.0 Å². The Hall–Kier alpha value is -5.49. The van der Waals surface area contributed by atoms with E-state index in [0.717, 1.165) is 16.7 Å². The van der Waals surface area contributed by atoms with Crippen molar-refractivity contribution in [3.05, 3.63) is 126 Å². The number of hydrogen-bond donors (Lipinski definition) is 5. The summed E-state index contributed by atoms with van der Waals surface area (Å²) >= 11 is 0. The summed E-state index contributed by atoms with van der Waals surface area (Å²) in [6.45, 7) is 3.53. The Morgan fingerprint density at radius 1 is 0.755 bits per heavy atom. The van der Waals surface area contributed by atoms with Crippen LogP contribution >= 0.6 is 0 Å². The molecule has 49 heavy (non-hydrogen) atoms. The number of aromatic nitrogens is 2. The molecule has 3 amide bonds. The molecule has 0 bridgehead atoms. The predicted molar refractivity (Wildman–Crippen MR) is 185 cm³/mol. The number of nitrogens with zero attached hydrogens (tertiary/aromatic N) is 2. The lowest BCUT2D eigenvalue weighted by Gasteiger charge is -2.30. The second-order valence-corrected chi connectivity index (χ2v) is 12.1. The average Bonchev–Trinajstić information content (AvgIpc) is 3.10. The third-order valence-corrected chi connectivity index (χ3v) is 7.78. The minimum atomic E-state index is -1.09. The molecule has 6 N–H and O–H groups in total. The maximum Gasteiger partial charge on any atom is 0.408 e. The Labute approximate surface area is 286 Å². The molecular weight excluding hydrogens is 624 g/mol. The lowest BCUT2D eigenvalue weighted by Crippen LogP contribution is -2.56. The van der Waals surface area contributed by atoms with E-state index >= 15 is 0 Å². The summed E-state index contributed by atoms with van der Waals surface area (Å²) in [4.78, 5) is 47.5. The third-order valence-electron chi connectivity index (χ3n) is 7.78. The van der Waals surface area contributed by atoms with Crippen LogP contribution in [0.3, 0.4) is 0 Å². The molecule has 2 aromatic carbocycles. The van der Waals surface area contributed by atoms with Crippen molar-refractivity contribution in [2.75, 3.05) is 5.73 Å². The lowest BCUT2D eigenvalue weighted by molar-refractivity contribution is -0.125. The predicted octanol–water partition coefficient (Wildman–Crippen LogP) is 4.33.